The Balaban J connectivity index is 2.87. The number of aryl methyl sites for hydroxylation is 1. The number of anilines is 1. The zero-order chi connectivity index (χ0) is 10.1. The van der Waals surface area contributed by atoms with Crippen molar-refractivity contribution in [2.24, 2.45) is 5.41 Å². The van der Waals surface area contributed by atoms with Crippen molar-refractivity contribution in [3.63, 3.8) is 0 Å². The molecule has 0 aliphatic carbocycles. The molecule has 0 bridgehead atoms. The van der Waals surface area contributed by atoms with E-state index < -0.39 is 5.41 Å². The van der Waals surface area contributed by atoms with Crippen LogP contribution in [0.2, 0.25) is 0 Å². The number of hydrogen-bond acceptors (Lipinski definition) is 3. The van der Waals surface area contributed by atoms with Crippen LogP contribution in [0, 0.1) is 23.7 Å². The van der Waals surface area contributed by atoms with Crippen molar-refractivity contribution in [1.29, 1.82) is 5.26 Å². The zero-order valence-corrected chi connectivity index (χ0v) is 8.20. The van der Waals surface area contributed by atoms with Crippen LogP contribution in [-0.4, -0.2) is 9.78 Å². The molecule has 0 amide bonds. The molecule has 1 aromatic heterocycles. The number of nitrogens with zero attached hydrogens (tertiary/aromatic N) is 3. The largest absolute Gasteiger partial charge is 0.382 e. The summed E-state index contributed by atoms with van der Waals surface area (Å²) in [5.74, 6) is 0.506. The van der Waals surface area contributed by atoms with Gasteiger partial charge in [0.25, 0.3) is 0 Å². The highest BCUT2D eigenvalue weighted by molar-refractivity contribution is 5.28. The van der Waals surface area contributed by atoms with Crippen molar-refractivity contribution < 1.29 is 0 Å². The molecule has 0 fully saturated rings. The second-order valence-corrected chi connectivity index (χ2v) is 3.86. The van der Waals surface area contributed by atoms with Crippen molar-refractivity contribution in [3.8, 4) is 6.07 Å². The Morgan fingerprint density at radius 1 is 1.69 bits per heavy atom. The van der Waals surface area contributed by atoms with Crippen molar-refractivity contribution >= 4 is 5.82 Å². The fourth-order valence-corrected chi connectivity index (χ4v) is 1.11. The second-order valence-electron chi connectivity index (χ2n) is 3.86. The first-order valence-electron chi connectivity index (χ1n) is 4.16. The Bertz CT molecular complexity index is 343. The first-order valence-corrected chi connectivity index (χ1v) is 4.16. The van der Waals surface area contributed by atoms with Gasteiger partial charge in [0.05, 0.1) is 18.0 Å². The minimum Gasteiger partial charge on any atom is -0.382 e. The fraction of sp³-hybridized carbons (Fsp3) is 0.556. The predicted octanol–water partition coefficient (Wildman–Crippen LogP) is 1.32. The Labute approximate surface area is 78.0 Å². The van der Waals surface area contributed by atoms with E-state index in [-0.39, 0.29) is 0 Å². The quantitative estimate of drug-likeness (QED) is 0.742. The van der Waals surface area contributed by atoms with E-state index in [0.29, 0.717) is 12.4 Å². The molecule has 70 valence electrons. The molecule has 0 spiro atoms. The summed E-state index contributed by atoms with van der Waals surface area (Å²) in [7, 11) is 0. The number of rotatable bonds is 2. The number of hydrogen-bond donors (Lipinski definition) is 1. The third-order valence-electron chi connectivity index (χ3n) is 1.85. The van der Waals surface area contributed by atoms with Gasteiger partial charge in [-0.3, -0.25) is 4.68 Å². The lowest BCUT2D eigenvalue weighted by Crippen LogP contribution is -2.19. The molecule has 13 heavy (non-hydrogen) atoms. The molecule has 4 heteroatoms. The van der Waals surface area contributed by atoms with E-state index in [0.717, 1.165) is 5.69 Å². The minimum atomic E-state index is -0.400. The lowest BCUT2D eigenvalue weighted by molar-refractivity contribution is 0.380. The topological polar surface area (TPSA) is 67.6 Å². The molecule has 0 radical (unpaired) electrons. The van der Waals surface area contributed by atoms with E-state index in [1.807, 2.05) is 20.8 Å². The number of nitrogen functional groups attached to an aromatic ring is 1. The minimum absolute atomic E-state index is 0.400. The van der Waals surface area contributed by atoms with Gasteiger partial charge in [0.2, 0.25) is 0 Å². The van der Waals surface area contributed by atoms with E-state index >= 15 is 0 Å². The third-order valence-corrected chi connectivity index (χ3v) is 1.85. The van der Waals surface area contributed by atoms with Crippen molar-refractivity contribution in [2.75, 3.05) is 5.73 Å². The summed E-state index contributed by atoms with van der Waals surface area (Å²) < 4.78 is 1.76. The molecule has 0 aromatic carbocycles. The van der Waals surface area contributed by atoms with E-state index in [2.05, 4.69) is 11.2 Å². The van der Waals surface area contributed by atoms with Crippen LogP contribution >= 0.6 is 0 Å². The van der Waals surface area contributed by atoms with E-state index in [4.69, 9.17) is 11.0 Å². The van der Waals surface area contributed by atoms with Crippen LogP contribution in [0.25, 0.3) is 0 Å². The summed E-state index contributed by atoms with van der Waals surface area (Å²) in [5, 5.41) is 12.9. The molecule has 2 N–H and O–H groups in total. The Hall–Kier alpha value is -1.50. The van der Waals surface area contributed by atoms with Crippen molar-refractivity contribution in [3.05, 3.63) is 11.8 Å². The zero-order valence-electron chi connectivity index (χ0n) is 8.20. The van der Waals surface area contributed by atoms with Crippen molar-refractivity contribution in [1.82, 2.24) is 9.78 Å². The molecule has 4 nitrogen and oxygen atoms in total. The monoisotopic (exact) mass is 178 g/mol. The lowest BCUT2D eigenvalue weighted by atomic mass is 9.96. The molecule has 0 aliphatic rings. The summed E-state index contributed by atoms with van der Waals surface area (Å²) in [4.78, 5) is 0. The van der Waals surface area contributed by atoms with Crippen LogP contribution in [0.4, 0.5) is 5.82 Å². The average Bonchev–Trinajstić information content (AvgIpc) is 2.30. The van der Waals surface area contributed by atoms with Crippen LogP contribution in [-0.2, 0) is 6.54 Å². The maximum absolute atomic E-state index is 8.83. The van der Waals surface area contributed by atoms with Crippen LogP contribution in [0.1, 0.15) is 19.5 Å². The van der Waals surface area contributed by atoms with Gasteiger partial charge >= 0.3 is 0 Å². The molecular weight excluding hydrogens is 164 g/mol. The Kier molecular flexibility index (Phi) is 2.28. The Morgan fingerprint density at radius 2 is 2.31 bits per heavy atom. The molecule has 0 saturated heterocycles. The van der Waals surface area contributed by atoms with Gasteiger partial charge in [-0.25, -0.2) is 0 Å². The number of nitrogens with two attached hydrogens (primary N) is 1. The standard InChI is InChI=1S/C9H14N4/c1-7-4-8(11)12-13(7)6-9(2,3)5-10/h4H,6H2,1-3H3,(H2,11,12). The van der Waals surface area contributed by atoms with Crippen LogP contribution in [0.5, 0.6) is 0 Å². The van der Waals surface area contributed by atoms with Crippen LogP contribution in [0.15, 0.2) is 6.07 Å². The van der Waals surface area contributed by atoms with Crippen LogP contribution < -0.4 is 5.73 Å². The first-order chi connectivity index (χ1) is 5.94. The van der Waals surface area contributed by atoms with Crippen molar-refractivity contribution in [2.45, 2.75) is 27.3 Å². The van der Waals surface area contributed by atoms with Gasteiger partial charge in [-0.05, 0) is 20.8 Å². The molecule has 1 heterocycles. The highest BCUT2D eigenvalue weighted by Crippen LogP contribution is 2.17. The number of nitriles is 1. The van der Waals surface area contributed by atoms with Gasteiger partial charge in [-0.1, -0.05) is 0 Å². The SMILES string of the molecule is Cc1cc(N)nn1CC(C)(C)C#N. The molecule has 0 atom stereocenters. The molecule has 0 unspecified atom stereocenters. The normalized spacial score (nSPS) is 11.2. The highest BCUT2D eigenvalue weighted by atomic mass is 15.3. The van der Waals surface area contributed by atoms with Gasteiger partial charge < -0.3 is 5.73 Å². The number of aromatic nitrogens is 2. The molecular formula is C9H14N4. The van der Waals surface area contributed by atoms with E-state index in [1.54, 1.807) is 10.7 Å². The van der Waals surface area contributed by atoms with Gasteiger partial charge in [-0.2, -0.15) is 10.4 Å². The summed E-state index contributed by atoms with van der Waals surface area (Å²) in [6.07, 6.45) is 0. The maximum atomic E-state index is 8.83. The maximum Gasteiger partial charge on any atom is 0.145 e. The predicted molar refractivity (Wildman–Crippen MR) is 50.8 cm³/mol. The van der Waals surface area contributed by atoms with E-state index in [1.165, 1.54) is 0 Å². The van der Waals surface area contributed by atoms with Gasteiger partial charge in [-0.15, -0.1) is 0 Å². The molecule has 0 aliphatic heterocycles. The second kappa shape index (κ2) is 3.09. The fourth-order valence-electron chi connectivity index (χ4n) is 1.11. The van der Waals surface area contributed by atoms with Gasteiger partial charge in [0.15, 0.2) is 0 Å². The lowest BCUT2D eigenvalue weighted by Gasteiger charge is -2.15. The molecule has 0 saturated carbocycles. The summed E-state index contributed by atoms with van der Waals surface area (Å²) in [6.45, 7) is 6.26. The average molecular weight is 178 g/mol. The summed E-state index contributed by atoms with van der Waals surface area (Å²) in [5.41, 5.74) is 6.11. The Morgan fingerprint density at radius 3 is 2.69 bits per heavy atom. The molecule has 1 rings (SSSR count). The first kappa shape index (κ1) is 9.59. The van der Waals surface area contributed by atoms with Gasteiger partial charge in [0.1, 0.15) is 5.82 Å². The van der Waals surface area contributed by atoms with E-state index in [9.17, 15) is 0 Å². The highest BCUT2D eigenvalue weighted by Gasteiger charge is 2.18. The van der Waals surface area contributed by atoms with Crippen LogP contribution in [0.3, 0.4) is 0 Å². The smallest absolute Gasteiger partial charge is 0.145 e. The summed E-state index contributed by atoms with van der Waals surface area (Å²) in [6, 6.07) is 4.02. The third kappa shape index (κ3) is 2.22. The van der Waals surface area contributed by atoms with Gasteiger partial charge in [0, 0.05) is 11.8 Å². The molecule has 1 aromatic rings. The summed E-state index contributed by atoms with van der Waals surface area (Å²) >= 11 is 0.